The molecular formula is C46H48Cl4Zr. The first kappa shape index (κ1) is 38.5. The number of fused-ring (bicyclic) bond motifs is 5. The van der Waals surface area contributed by atoms with Crippen molar-refractivity contribution in [1.29, 1.82) is 0 Å². The predicted molar refractivity (Wildman–Crippen MR) is 226 cm³/mol. The van der Waals surface area contributed by atoms with E-state index in [1.54, 1.807) is 0 Å². The van der Waals surface area contributed by atoms with E-state index >= 15 is 0 Å². The summed E-state index contributed by atoms with van der Waals surface area (Å²) in [6.45, 7) is 18.8. The summed E-state index contributed by atoms with van der Waals surface area (Å²) in [5.41, 5.74) is 12.3. The minimum absolute atomic E-state index is 0. The number of hydrogen-bond donors (Lipinski definition) is 0. The van der Waals surface area contributed by atoms with Gasteiger partial charge in [0.2, 0.25) is 0 Å². The number of hydrogen-bond acceptors (Lipinski definition) is 0. The van der Waals surface area contributed by atoms with Crippen LogP contribution in [0, 0.1) is 11.3 Å². The van der Waals surface area contributed by atoms with Crippen molar-refractivity contribution < 1.29 is 18.3 Å². The van der Waals surface area contributed by atoms with Gasteiger partial charge in [0.1, 0.15) is 0 Å². The summed E-state index contributed by atoms with van der Waals surface area (Å²) in [6, 6.07) is 27.2. The Hall–Kier alpha value is -2.25. The van der Waals surface area contributed by atoms with Crippen LogP contribution in [0.4, 0.5) is 0 Å². The summed E-state index contributed by atoms with van der Waals surface area (Å²) in [6.07, 6.45) is 13.2. The van der Waals surface area contributed by atoms with Crippen LogP contribution in [0.25, 0.3) is 23.3 Å². The average molecular weight is 834 g/mol. The predicted octanol–water partition coefficient (Wildman–Crippen LogP) is 12.6. The molecule has 0 saturated heterocycles. The average Bonchev–Trinajstić information content (AvgIpc) is 3.76. The topological polar surface area (TPSA) is 0 Å². The van der Waals surface area contributed by atoms with E-state index in [0.29, 0.717) is 0 Å². The second-order valence-corrected chi connectivity index (χ2v) is 31.0. The van der Waals surface area contributed by atoms with E-state index in [9.17, 15) is 0 Å². The normalized spacial score (nSPS) is 19.2. The zero-order chi connectivity index (χ0) is 34.9. The Labute approximate surface area is 328 Å². The standard InChI is InChI=1S/C23H21.C10H15.2C6H4Cl.CH2.2ClH.Zr/c1-22(2)7-5-14-10-18-16(12-20(14)22)9-17-13-21-15(11-19(17)18)6-8-23(21,3)4;1-8-5-6-9(7-8)10(2,3)4;2*7-6-4-2-1-3-5-6;;;;/h5-7,10-13H,9H2,1-4H3;6-8H,1-4H3;2*1-2,4-5H;1H2;2*1H;. The molecule has 0 aromatic heterocycles. The van der Waals surface area contributed by atoms with E-state index in [-0.39, 0.29) is 47.0 Å². The number of benzene rings is 4. The molecule has 0 fully saturated rings. The number of rotatable bonds is 4. The van der Waals surface area contributed by atoms with E-state index in [0.717, 1.165) is 16.5 Å². The summed E-state index contributed by atoms with van der Waals surface area (Å²) >= 11 is 8.80. The van der Waals surface area contributed by atoms with Crippen molar-refractivity contribution in [2.24, 2.45) is 11.3 Å². The second kappa shape index (κ2) is 12.4. The Kier molecular flexibility index (Phi) is 9.35. The molecule has 0 spiro atoms. The summed E-state index contributed by atoms with van der Waals surface area (Å²) in [5, 5.41) is 1.49. The summed E-state index contributed by atoms with van der Waals surface area (Å²) in [7, 11) is 0. The Morgan fingerprint density at radius 3 is 1.82 bits per heavy atom. The van der Waals surface area contributed by atoms with Gasteiger partial charge in [-0.1, -0.05) is 0 Å². The molecule has 0 N–H and O–H groups in total. The molecule has 0 bridgehead atoms. The fraction of sp³-hybridized carbons (Fsp3) is 0.283. The zero-order valence-corrected chi connectivity index (χ0v) is 36.5. The summed E-state index contributed by atoms with van der Waals surface area (Å²) < 4.78 is 11.1. The van der Waals surface area contributed by atoms with Crippen LogP contribution in [0.15, 0.2) is 103 Å². The van der Waals surface area contributed by atoms with Crippen molar-refractivity contribution >= 4 is 70.9 Å². The first-order valence-corrected chi connectivity index (χ1v) is 25.1. The molecule has 0 nitrogen and oxygen atoms in total. The Morgan fingerprint density at radius 1 is 0.745 bits per heavy atom. The molecule has 4 aromatic rings. The molecule has 4 aromatic carbocycles. The van der Waals surface area contributed by atoms with Crippen molar-refractivity contribution in [3.8, 4) is 11.1 Å². The van der Waals surface area contributed by atoms with Gasteiger partial charge in [0, 0.05) is 0 Å². The molecular weight excluding hydrogens is 786 g/mol. The van der Waals surface area contributed by atoms with Gasteiger partial charge in [0.15, 0.2) is 0 Å². The van der Waals surface area contributed by atoms with Crippen LogP contribution in [-0.4, -0.2) is 4.21 Å². The third kappa shape index (κ3) is 5.42. The number of allylic oxidation sites excluding steroid dienone is 6. The first-order chi connectivity index (χ1) is 22.9. The molecule has 0 aliphatic heterocycles. The van der Waals surface area contributed by atoms with Crippen molar-refractivity contribution in [1.82, 2.24) is 0 Å². The van der Waals surface area contributed by atoms with Crippen LogP contribution in [0.1, 0.15) is 88.8 Å². The van der Waals surface area contributed by atoms with Gasteiger partial charge in [-0.2, -0.15) is 0 Å². The maximum atomic E-state index is 6.94. The molecule has 1 atom stereocenters. The molecule has 0 saturated carbocycles. The Balaban J connectivity index is 0.00000224. The molecule has 1 unspecified atom stereocenters. The van der Waals surface area contributed by atoms with Crippen LogP contribution in [0.5, 0.6) is 0 Å². The molecule has 0 amide bonds. The van der Waals surface area contributed by atoms with E-state index < -0.39 is 18.3 Å². The SMILES string of the molecule is Cl.Cl.[CH2]=[Zr]([C]1=CC(C(C)(C)C)=CC1C)([C]1=Cc2cc3c(cc2C1(C)C)Cc1cc2c(cc1-3)C=CC2(C)C)([c]1cccc(Cl)c1)[c]1cccc(Cl)c1. The van der Waals surface area contributed by atoms with E-state index in [1.165, 1.54) is 63.2 Å². The van der Waals surface area contributed by atoms with Gasteiger partial charge >= 0.3 is 306 Å². The van der Waals surface area contributed by atoms with E-state index in [1.807, 2.05) is 12.1 Å². The summed E-state index contributed by atoms with van der Waals surface area (Å²) in [5.74, 6) is 0.215. The molecule has 51 heavy (non-hydrogen) atoms. The van der Waals surface area contributed by atoms with E-state index in [2.05, 4.69) is 146 Å². The van der Waals surface area contributed by atoms with Gasteiger partial charge in [-0.05, 0) is 0 Å². The minimum atomic E-state index is -5.08. The first-order valence-electron chi connectivity index (χ1n) is 17.7. The van der Waals surface area contributed by atoms with Crippen LogP contribution >= 0.6 is 48.0 Å². The van der Waals surface area contributed by atoms with E-state index in [4.69, 9.17) is 27.4 Å². The van der Waals surface area contributed by atoms with Gasteiger partial charge in [0.05, 0.1) is 0 Å². The van der Waals surface area contributed by atoms with Crippen molar-refractivity contribution in [3.63, 3.8) is 0 Å². The van der Waals surface area contributed by atoms with Gasteiger partial charge in [-0.25, -0.2) is 0 Å². The molecule has 0 heterocycles. The third-order valence-corrected chi connectivity index (χ3v) is 30.2. The number of halogens is 4. The van der Waals surface area contributed by atoms with Crippen molar-refractivity contribution in [2.45, 2.75) is 72.6 Å². The zero-order valence-electron chi connectivity index (χ0n) is 30.9. The van der Waals surface area contributed by atoms with Gasteiger partial charge in [0.25, 0.3) is 0 Å². The molecule has 8 rings (SSSR count). The van der Waals surface area contributed by atoms with Crippen LogP contribution in [0.3, 0.4) is 0 Å². The van der Waals surface area contributed by atoms with Crippen LogP contribution < -0.4 is 6.54 Å². The molecule has 264 valence electrons. The van der Waals surface area contributed by atoms with Crippen LogP contribution in [-0.2, 0) is 35.5 Å². The fourth-order valence-corrected chi connectivity index (χ4v) is 28.8. The van der Waals surface area contributed by atoms with Crippen molar-refractivity contribution in [3.05, 3.63) is 147 Å². The monoisotopic (exact) mass is 830 g/mol. The second-order valence-electron chi connectivity index (χ2n) is 17.3. The van der Waals surface area contributed by atoms with Crippen LogP contribution in [0.2, 0.25) is 10.0 Å². The third-order valence-electron chi connectivity index (χ3n) is 12.5. The molecule has 4 aliphatic rings. The van der Waals surface area contributed by atoms with Gasteiger partial charge in [-0.15, -0.1) is 24.8 Å². The Morgan fingerprint density at radius 2 is 1.29 bits per heavy atom. The maximum absolute atomic E-state index is 6.94. The van der Waals surface area contributed by atoms with Gasteiger partial charge in [-0.3, -0.25) is 0 Å². The fourth-order valence-electron chi connectivity index (χ4n) is 9.86. The molecule has 4 aliphatic carbocycles. The van der Waals surface area contributed by atoms with Crippen molar-refractivity contribution in [2.75, 3.05) is 0 Å². The quantitative estimate of drug-likeness (QED) is 0.169. The Bertz CT molecular complexity index is 2290. The molecule has 5 heteroatoms. The molecule has 0 radical (unpaired) electrons. The summed E-state index contributed by atoms with van der Waals surface area (Å²) in [4.78, 5) is 0. The van der Waals surface area contributed by atoms with Gasteiger partial charge < -0.3 is 0 Å².